The van der Waals surface area contributed by atoms with E-state index in [9.17, 15) is 0 Å². The van der Waals surface area contributed by atoms with Crippen molar-refractivity contribution >= 4 is 29.0 Å². The highest BCUT2D eigenvalue weighted by molar-refractivity contribution is 6.36. The molecule has 1 aromatic carbocycles. The zero-order chi connectivity index (χ0) is 10.8. The Labute approximate surface area is 96.8 Å². The Hall–Kier alpha value is -1.32. The summed E-state index contributed by atoms with van der Waals surface area (Å²) in [5.74, 6) is 0.379. The van der Waals surface area contributed by atoms with Gasteiger partial charge in [0.05, 0.1) is 10.7 Å². The molecular weight excluding hydrogens is 233 g/mol. The molecule has 1 heterocycles. The minimum atomic E-state index is 0.379. The highest BCUT2D eigenvalue weighted by atomic mass is 35.5. The largest absolute Gasteiger partial charge is 0.382 e. The third-order valence-electron chi connectivity index (χ3n) is 1.89. The number of benzene rings is 1. The number of nitrogens with two attached hydrogens (primary N) is 1. The van der Waals surface area contributed by atoms with Crippen LogP contribution in [0, 0.1) is 0 Å². The van der Waals surface area contributed by atoms with Crippen LogP contribution < -0.4 is 5.73 Å². The summed E-state index contributed by atoms with van der Waals surface area (Å²) in [5, 5.41) is 8.82. The van der Waals surface area contributed by atoms with E-state index in [0.717, 1.165) is 5.56 Å². The Bertz CT molecular complexity index is 483. The molecule has 5 heteroatoms. The molecule has 0 spiro atoms. The van der Waals surface area contributed by atoms with E-state index in [0.29, 0.717) is 21.6 Å². The molecule has 1 aromatic heterocycles. The molecule has 0 aliphatic carbocycles. The predicted octanol–water partition coefficient (Wildman–Crippen LogP) is 3.03. The van der Waals surface area contributed by atoms with E-state index < -0.39 is 0 Å². The maximum atomic E-state index is 6.02. The Morgan fingerprint density at radius 1 is 1.00 bits per heavy atom. The van der Waals surface area contributed by atoms with Crippen LogP contribution in [0.2, 0.25) is 10.0 Å². The van der Waals surface area contributed by atoms with Gasteiger partial charge in [0.2, 0.25) is 0 Å². The lowest BCUT2D eigenvalue weighted by molar-refractivity contribution is 1.05. The van der Waals surface area contributed by atoms with Crippen LogP contribution in [-0.2, 0) is 0 Å². The van der Waals surface area contributed by atoms with Crippen LogP contribution in [0.3, 0.4) is 0 Å². The van der Waals surface area contributed by atoms with Crippen LogP contribution in [0.4, 0.5) is 5.82 Å². The minimum Gasteiger partial charge on any atom is -0.382 e. The van der Waals surface area contributed by atoms with Gasteiger partial charge in [0, 0.05) is 10.6 Å². The molecule has 2 rings (SSSR count). The fourth-order valence-electron chi connectivity index (χ4n) is 1.18. The average molecular weight is 240 g/mol. The second-order valence-electron chi connectivity index (χ2n) is 2.97. The summed E-state index contributed by atoms with van der Waals surface area (Å²) < 4.78 is 0. The zero-order valence-electron chi connectivity index (χ0n) is 7.61. The van der Waals surface area contributed by atoms with E-state index in [-0.39, 0.29) is 0 Å². The summed E-state index contributed by atoms with van der Waals surface area (Å²) >= 11 is 11.8. The normalized spacial score (nSPS) is 10.3. The molecule has 15 heavy (non-hydrogen) atoms. The van der Waals surface area contributed by atoms with E-state index in [1.54, 1.807) is 30.3 Å². The van der Waals surface area contributed by atoms with Crippen molar-refractivity contribution in [1.29, 1.82) is 0 Å². The van der Waals surface area contributed by atoms with Gasteiger partial charge in [0.15, 0.2) is 0 Å². The van der Waals surface area contributed by atoms with Crippen LogP contribution in [0.15, 0.2) is 30.3 Å². The maximum Gasteiger partial charge on any atom is 0.146 e. The SMILES string of the molecule is Nc1ccc(-c2ccc(Cl)cc2Cl)nn1. The van der Waals surface area contributed by atoms with Gasteiger partial charge in [-0.1, -0.05) is 23.2 Å². The Morgan fingerprint density at radius 2 is 1.80 bits per heavy atom. The number of aromatic nitrogens is 2. The molecule has 0 bridgehead atoms. The maximum absolute atomic E-state index is 6.02. The molecule has 3 nitrogen and oxygen atoms in total. The fourth-order valence-corrected chi connectivity index (χ4v) is 1.69. The van der Waals surface area contributed by atoms with Gasteiger partial charge < -0.3 is 5.73 Å². The molecule has 0 aliphatic rings. The summed E-state index contributed by atoms with van der Waals surface area (Å²) in [6, 6.07) is 8.65. The number of hydrogen-bond donors (Lipinski definition) is 1. The molecule has 0 amide bonds. The third-order valence-corrected chi connectivity index (χ3v) is 2.44. The topological polar surface area (TPSA) is 51.8 Å². The van der Waals surface area contributed by atoms with Crippen molar-refractivity contribution in [3.63, 3.8) is 0 Å². The van der Waals surface area contributed by atoms with E-state index in [2.05, 4.69) is 10.2 Å². The van der Waals surface area contributed by atoms with Gasteiger partial charge in [-0.15, -0.1) is 10.2 Å². The molecule has 0 atom stereocenters. The third kappa shape index (κ3) is 2.19. The number of rotatable bonds is 1. The average Bonchev–Trinajstić information content (AvgIpc) is 2.20. The first-order valence-electron chi connectivity index (χ1n) is 4.21. The Kier molecular flexibility index (Phi) is 2.75. The first-order chi connectivity index (χ1) is 7.16. The molecule has 2 aromatic rings. The van der Waals surface area contributed by atoms with Gasteiger partial charge >= 0.3 is 0 Å². The lowest BCUT2D eigenvalue weighted by Gasteiger charge is -2.03. The lowest BCUT2D eigenvalue weighted by Crippen LogP contribution is -1.94. The van der Waals surface area contributed by atoms with Crippen LogP contribution in [0.5, 0.6) is 0 Å². The van der Waals surface area contributed by atoms with Crippen molar-refractivity contribution in [2.75, 3.05) is 5.73 Å². The smallest absolute Gasteiger partial charge is 0.146 e. The first kappa shape index (κ1) is 10.2. The second kappa shape index (κ2) is 4.04. The van der Waals surface area contributed by atoms with E-state index in [4.69, 9.17) is 28.9 Å². The quantitative estimate of drug-likeness (QED) is 0.833. The van der Waals surface area contributed by atoms with Crippen LogP contribution in [0.25, 0.3) is 11.3 Å². The molecule has 0 saturated heterocycles. The number of halogens is 2. The molecular formula is C10H7Cl2N3. The standard InChI is InChI=1S/C10H7Cl2N3/c11-6-1-2-7(8(12)5-6)9-3-4-10(13)15-14-9/h1-5H,(H2,13,15). The summed E-state index contributed by atoms with van der Waals surface area (Å²) in [5.41, 5.74) is 6.90. The second-order valence-corrected chi connectivity index (χ2v) is 3.81. The van der Waals surface area contributed by atoms with E-state index >= 15 is 0 Å². The van der Waals surface area contributed by atoms with Gasteiger partial charge in [-0.25, -0.2) is 0 Å². The molecule has 0 radical (unpaired) electrons. The molecule has 0 saturated carbocycles. The molecule has 0 aliphatic heterocycles. The number of nitrogen functional groups attached to an aromatic ring is 1. The summed E-state index contributed by atoms with van der Waals surface area (Å²) in [6.45, 7) is 0. The summed E-state index contributed by atoms with van der Waals surface area (Å²) in [7, 11) is 0. The number of hydrogen-bond acceptors (Lipinski definition) is 3. The highest BCUT2D eigenvalue weighted by Crippen LogP contribution is 2.28. The molecule has 0 fully saturated rings. The number of nitrogens with zero attached hydrogens (tertiary/aromatic N) is 2. The predicted molar refractivity (Wildman–Crippen MR) is 61.9 cm³/mol. The van der Waals surface area contributed by atoms with Crippen molar-refractivity contribution in [2.45, 2.75) is 0 Å². The van der Waals surface area contributed by atoms with Crippen LogP contribution in [-0.4, -0.2) is 10.2 Å². The lowest BCUT2D eigenvalue weighted by atomic mass is 10.1. The first-order valence-corrected chi connectivity index (χ1v) is 4.97. The summed E-state index contributed by atoms with van der Waals surface area (Å²) in [4.78, 5) is 0. The van der Waals surface area contributed by atoms with Crippen molar-refractivity contribution in [3.05, 3.63) is 40.4 Å². The van der Waals surface area contributed by atoms with Gasteiger partial charge in [0.1, 0.15) is 5.82 Å². The zero-order valence-corrected chi connectivity index (χ0v) is 9.13. The monoisotopic (exact) mass is 239 g/mol. The Balaban J connectivity index is 2.49. The van der Waals surface area contributed by atoms with E-state index in [1.807, 2.05) is 0 Å². The Morgan fingerprint density at radius 3 is 2.40 bits per heavy atom. The molecule has 76 valence electrons. The van der Waals surface area contributed by atoms with Gasteiger partial charge in [-0.2, -0.15) is 0 Å². The van der Waals surface area contributed by atoms with Gasteiger partial charge in [0.25, 0.3) is 0 Å². The molecule has 2 N–H and O–H groups in total. The van der Waals surface area contributed by atoms with Crippen molar-refractivity contribution in [2.24, 2.45) is 0 Å². The molecule has 0 unspecified atom stereocenters. The summed E-state index contributed by atoms with van der Waals surface area (Å²) in [6.07, 6.45) is 0. The number of anilines is 1. The van der Waals surface area contributed by atoms with Crippen molar-refractivity contribution in [1.82, 2.24) is 10.2 Å². The van der Waals surface area contributed by atoms with Crippen LogP contribution in [0.1, 0.15) is 0 Å². The van der Waals surface area contributed by atoms with Crippen molar-refractivity contribution in [3.8, 4) is 11.3 Å². The van der Waals surface area contributed by atoms with Crippen LogP contribution >= 0.6 is 23.2 Å². The van der Waals surface area contributed by atoms with Crippen molar-refractivity contribution < 1.29 is 0 Å². The fraction of sp³-hybridized carbons (Fsp3) is 0. The van der Waals surface area contributed by atoms with Gasteiger partial charge in [-0.05, 0) is 30.3 Å². The highest BCUT2D eigenvalue weighted by Gasteiger charge is 2.05. The van der Waals surface area contributed by atoms with Gasteiger partial charge in [-0.3, -0.25) is 0 Å². The minimum absolute atomic E-state index is 0.379. The van der Waals surface area contributed by atoms with E-state index in [1.165, 1.54) is 0 Å².